The van der Waals surface area contributed by atoms with Crippen molar-refractivity contribution in [1.82, 2.24) is 0 Å². The molecule has 2 heterocycles. The molecule has 0 saturated carbocycles. The SMILES string of the molecule is CO[C@@H]1O[C@@H](C)[C@H](OC(=O)c2ccccc2)[C@@H](O[C@@H]2O[C@@H](C)[C@H](OC(C)=O)[C@@H](OC(C)=O)[C@H]2OC(C)=O)[C@H]1OC(=O)c1ccccc1. The second-order valence-corrected chi connectivity index (χ2v) is 10.9. The van der Waals surface area contributed by atoms with Gasteiger partial charge in [-0.15, -0.1) is 0 Å². The van der Waals surface area contributed by atoms with Gasteiger partial charge in [-0.25, -0.2) is 9.59 Å². The van der Waals surface area contributed by atoms with Gasteiger partial charge >= 0.3 is 29.8 Å². The first-order valence-corrected chi connectivity index (χ1v) is 14.9. The second kappa shape index (κ2) is 16.0. The summed E-state index contributed by atoms with van der Waals surface area (Å²) in [6, 6.07) is 16.3. The average Bonchev–Trinajstić information content (AvgIpc) is 3.03. The Morgan fingerprint density at radius 3 is 1.36 bits per heavy atom. The van der Waals surface area contributed by atoms with E-state index in [1.54, 1.807) is 67.6 Å². The van der Waals surface area contributed by atoms with Crippen molar-refractivity contribution in [2.45, 2.75) is 96.0 Å². The van der Waals surface area contributed by atoms with Gasteiger partial charge in [0.15, 0.2) is 43.1 Å². The van der Waals surface area contributed by atoms with Gasteiger partial charge in [0.1, 0.15) is 6.10 Å². The van der Waals surface area contributed by atoms with Crippen LogP contribution in [0, 0.1) is 0 Å². The molecule has 10 atom stereocenters. The van der Waals surface area contributed by atoms with E-state index in [0.29, 0.717) is 0 Å². The fourth-order valence-corrected chi connectivity index (χ4v) is 5.37. The van der Waals surface area contributed by atoms with Crippen molar-refractivity contribution < 1.29 is 66.6 Å². The standard InChI is InChI=1S/C33H38O14/c1-17-24(42-19(3)34)26(43-20(4)35)29(44-21(5)36)33(41-17)47-27-25(45-30(37)22-13-9-7-10-14-22)18(2)40-32(39-6)28(27)46-31(38)23-15-11-8-12-16-23/h7-18,24-29,32-33H,1-6H3/t17-,18-,24-,25-,26+,27+,28+,29+,32+,33-/m0/s1. The molecule has 2 saturated heterocycles. The van der Waals surface area contributed by atoms with Crippen LogP contribution in [0.5, 0.6) is 0 Å². The average molecular weight is 659 g/mol. The first-order valence-electron chi connectivity index (χ1n) is 14.9. The van der Waals surface area contributed by atoms with Gasteiger partial charge in [0.2, 0.25) is 0 Å². The number of ether oxygens (including phenoxy) is 9. The zero-order valence-electron chi connectivity index (χ0n) is 26.8. The zero-order valence-corrected chi connectivity index (χ0v) is 26.8. The van der Waals surface area contributed by atoms with Gasteiger partial charge in [0.25, 0.3) is 0 Å². The van der Waals surface area contributed by atoms with Crippen LogP contribution >= 0.6 is 0 Å². The lowest BCUT2D eigenvalue weighted by molar-refractivity contribution is -0.351. The van der Waals surface area contributed by atoms with E-state index in [-0.39, 0.29) is 11.1 Å². The predicted molar refractivity (Wildman–Crippen MR) is 159 cm³/mol. The van der Waals surface area contributed by atoms with Gasteiger partial charge in [0.05, 0.1) is 23.3 Å². The summed E-state index contributed by atoms with van der Waals surface area (Å²) in [5.41, 5.74) is 0.432. The van der Waals surface area contributed by atoms with Crippen LogP contribution in [0.3, 0.4) is 0 Å². The summed E-state index contributed by atoms with van der Waals surface area (Å²) < 4.78 is 52.3. The van der Waals surface area contributed by atoms with E-state index in [1.807, 2.05) is 0 Å². The largest absolute Gasteiger partial charge is 0.456 e. The molecule has 0 N–H and O–H groups in total. The maximum Gasteiger partial charge on any atom is 0.338 e. The van der Waals surface area contributed by atoms with E-state index >= 15 is 0 Å². The van der Waals surface area contributed by atoms with Crippen LogP contribution in [0.1, 0.15) is 55.3 Å². The molecule has 0 unspecified atom stereocenters. The molecule has 47 heavy (non-hydrogen) atoms. The Balaban J connectivity index is 1.76. The monoisotopic (exact) mass is 658 g/mol. The van der Waals surface area contributed by atoms with Gasteiger partial charge < -0.3 is 42.6 Å². The van der Waals surface area contributed by atoms with E-state index in [0.717, 1.165) is 20.8 Å². The van der Waals surface area contributed by atoms with Crippen LogP contribution in [0.15, 0.2) is 60.7 Å². The van der Waals surface area contributed by atoms with Gasteiger partial charge in [-0.3, -0.25) is 14.4 Å². The van der Waals surface area contributed by atoms with Crippen LogP contribution in [0.25, 0.3) is 0 Å². The summed E-state index contributed by atoms with van der Waals surface area (Å²) in [5.74, 6) is -3.76. The molecule has 2 aliphatic rings. The number of benzene rings is 2. The van der Waals surface area contributed by atoms with Gasteiger partial charge in [-0.05, 0) is 38.1 Å². The molecule has 4 rings (SSSR count). The van der Waals surface area contributed by atoms with E-state index in [1.165, 1.54) is 14.0 Å². The molecule has 2 aromatic rings. The lowest BCUT2D eigenvalue weighted by Crippen LogP contribution is -2.66. The Kier molecular flexibility index (Phi) is 12.0. The van der Waals surface area contributed by atoms with Crippen molar-refractivity contribution >= 4 is 29.8 Å². The van der Waals surface area contributed by atoms with Crippen molar-refractivity contribution in [1.29, 1.82) is 0 Å². The number of rotatable bonds is 10. The molecular weight excluding hydrogens is 620 g/mol. The highest BCUT2D eigenvalue weighted by molar-refractivity contribution is 5.90. The van der Waals surface area contributed by atoms with Crippen LogP contribution in [-0.4, -0.2) is 98.4 Å². The van der Waals surface area contributed by atoms with Crippen LogP contribution in [-0.2, 0) is 57.0 Å². The zero-order chi connectivity index (χ0) is 34.2. The van der Waals surface area contributed by atoms with Crippen LogP contribution in [0.4, 0.5) is 0 Å². The Hall–Kier alpha value is -4.37. The lowest BCUT2D eigenvalue weighted by atomic mass is 9.96. The van der Waals surface area contributed by atoms with Crippen molar-refractivity contribution in [2.24, 2.45) is 0 Å². The summed E-state index contributed by atoms with van der Waals surface area (Å²) in [7, 11) is 1.33. The molecule has 254 valence electrons. The highest BCUT2D eigenvalue weighted by Crippen LogP contribution is 2.35. The van der Waals surface area contributed by atoms with Crippen molar-refractivity contribution in [2.75, 3.05) is 7.11 Å². The molecule has 14 heteroatoms. The smallest absolute Gasteiger partial charge is 0.338 e. The Morgan fingerprint density at radius 1 is 0.511 bits per heavy atom. The number of methoxy groups -OCH3 is 1. The quantitative estimate of drug-likeness (QED) is 0.270. The Labute approximate surface area is 271 Å². The first kappa shape index (κ1) is 35.5. The lowest BCUT2D eigenvalue weighted by Gasteiger charge is -2.48. The number of hydrogen-bond donors (Lipinski definition) is 0. The highest BCUT2D eigenvalue weighted by atomic mass is 16.8. The minimum Gasteiger partial charge on any atom is -0.456 e. The molecule has 2 aliphatic heterocycles. The Morgan fingerprint density at radius 2 is 0.894 bits per heavy atom. The first-order chi connectivity index (χ1) is 22.4. The molecule has 0 aliphatic carbocycles. The van der Waals surface area contributed by atoms with Gasteiger partial charge in [-0.2, -0.15) is 0 Å². The molecular formula is C33H38O14. The fraction of sp³-hybridized carbons (Fsp3) is 0.485. The fourth-order valence-electron chi connectivity index (χ4n) is 5.37. The molecule has 0 bridgehead atoms. The summed E-state index contributed by atoms with van der Waals surface area (Å²) in [5, 5.41) is 0. The summed E-state index contributed by atoms with van der Waals surface area (Å²) in [4.78, 5) is 63.1. The number of carbonyl (C=O) groups is 5. The van der Waals surface area contributed by atoms with Crippen LogP contribution < -0.4 is 0 Å². The third kappa shape index (κ3) is 8.92. The number of esters is 5. The van der Waals surface area contributed by atoms with E-state index in [4.69, 9.17) is 42.6 Å². The van der Waals surface area contributed by atoms with E-state index < -0.39 is 91.3 Å². The molecule has 2 aromatic carbocycles. The minimum atomic E-state index is -1.53. The maximum atomic E-state index is 13.3. The molecule has 14 nitrogen and oxygen atoms in total. The topological polar surface area (TPSA) is 168 Å². The maximum absolute atomic E-state index is 13.3. The predicted octanol–water partition coefficient (Wildman–Crippen LogP) is 2.75. The summed E-state index contributed by atoms with van der Waals surface area (Å²) >= 11 is 0. The normalized spacial score (nSPS) is 30.3. The second-order valence-electron chi connectivity index (χ2n) is 10.9. The van der Waals surface area contributed by atoms with Crippen molar-refractivity contribution in [3.8, 4) is 0 Å². The molecule has 0 radical (unpaired) electrons. The van der Waals surface area contributed by atoms with Crippen molar-refractivity contribution in [3.63, 3.8) is 0 Å². The van der Waals surface area contributed by atoms with Crippen LogP contribution in [0.2, 0.25) is 0 Å². The third-order valence-electron chi connectivity index (χ3n) is 7.39. The van der Waals surface area contributed by atoms with E-state index in [9.17, 15) is 24.0 Å². The highest BCUT2D eigenvalue weighted by Gasteiger charge is 2.56. The number of carbonyl (C=O) groups excluding carboxylic acids is 5. The summed E-state index contributed by atoms with van der Waals surface area (Å²) in [6.07, 6.45) is -12.7. The Bertz CT molecular complexity index is 1400. The third-order valence-corrected chi connectivity index (χ3v) is 7.39. The number of hydrogen-bond acceptors (Lipinski definition) is 14. The van der Waals surface area contributed by atoms with E-state index in [2.05, 4.69) is 0 Å². The molecule has 0 amide bonds. The minimum absolute atomic E-state index is 0.206. The molecule has 0 spiro atoms. The molecule has 2 fully saturated rings. The van der Waals surface area contributed by atoms with Gasteiger partial charge in [-0.1, -0.05) is 36.4 Å². The molecule has 0 aromatic heterocycles. The van der Waals surface area contributed by atoms with Gasteiger partial charge in [0, 0.05) is 27.9 Å². The van der Waals surface area contributed by atoms with Crippen molar-refractivity contribution in [3.05, 3.63) is 71.8 Å². The summed E-state index contributed by atoms with van der Waals surface area (Å²) in [6.45, 7) is 6.55.